The highest BCUT2D eigenvalue weighted by Gasteiger charge is 2.10. The number of hydrogen-bond donors (Lipinski definition) is 2. The number of phenols is 1. The van der Waals surface area contributed by atoms with Crippen LogP contribution in [0.1, 0.15) is 21.5 Å². The maximum absolute atomic E-state index is 12.0. The van der Waals surface area contributed by atoms with Gasteiger partial charge in [0.2, 0.25) is 0 Å². The molecule has 0 radical (unpaired) electrons. The van der Waals surface area contributed by atoms with Gasteiger partial charge in [-0.3, -0.25) is 4.79 Å². The summed E-state index contributed by atoms with van der Waals surface area (Å²) in [4.78, 5) is 12.0. The van der Waals surface area contributed by atoms with Gasteiger partial charge in [0, 0.05) is 14.5 Å². The standard InChI is InChI=1S/C15H12Br2N2O2/c1-9-5-6-13(20)10(7-9)8-18-19-15(21)11-3-2-4-12(16)14(11)17/h2-8,20H,1H3,(H,19,21)/b18-8+. The number of carbonyl (C=O) groups is 1. The Morgan fingerprint density at radius 2 is 2.05 bits per heavy atom. The van der Waals surface area contributed by atoms with E-state index in [1.54, 1.807) is 30.3 Å². The summed E-state index contributed by atoms with van der Waals surface area (Å²) in [5.41, 5.74) is 4.44. The molecule has 0 aliphatic heterocycles. The zero-order valence-electron chi connectivity index (χ0n) is 11.1. The molecule has 0 aromatic heterocycles. The minimum absolute atomic E-state index is 0.113. The Balaban J connectivity index is 2.12. The van der Waals surface area contributed by atoms with E-state index in [2.05, 4.69) is 42.4 Å². The van der Waals surface area contributed by atoms with Gasteiger partial charge in [-0.1, -0.05) is 17.7 Å². The van der Waals surface area contributed by atoms with Crippen molar-refractivity contribution in [1.29, 1.82) is 0 Å². The third kappa shape index (κ3) is 3.92. The number of halogens is 2. The molecule has 0 atom stereocenters. The smallest absolute Gasteiger partial charge is 0.272 e. The van der Waals surface area contributed by atoms with E-state index in [1.807, 2.05) is 13.0 Å². The second-order valence-corrected chi connectivity index (χ2v) is 6.01. The molecular formula is C15H12Br2N2O2. The third-order valence-electron chi connectivity index (χ3n) is 2.75. The van der Waals surface area contributed by atoms with Crippen LogP contribution in [-0.2, 0) is 0 Å². The van der Waals surface area contributed by atoms with Crippen LogP contribution in [0.5, 0.6) is 5.75 Å². The van der Waals surface area contributed by atoms with Gasteiger partial charge >= 0.3 is 0 Å². The number of nitrogens with one attached hydrogen (secondary N) is 1. The first kappa shape index (κ1) is 15.7. The van der Waals surface area contributed by atoms with Crippen LogP contribution in [0.2, 0.25) is 0 Å². The van der Waals surface area contributed by atoms with Crippen molar-refractivity contribution in [3.63, 3.8) is 0 Å². The normalized spacial score (nSPS) is 10.8. The van der Waals surface area contributed by atoms with Crippen LogP contribution in [-0.4, -0.2) is 17.2 Å². The number of amides is 1. The fourth-order valence-corrected chi connectivity index (χ4v) is 2.49. The topological polar surface area (TPSA) is 61.7 Å². The first-order chi connectivity index (χ1) is 9.99. The molecule has 2 aromatic carbocycles. The van der Waals surface area contributed by atoms with Gasteiger partial charge in [0.15, 0.2) is 0 Å². The molecule has 2 rings (SSSR count). The van der Waals surface area contributed by atoms with E-state index in [4.69, 9.17) is 0 Å². The first-order valence-electron chi connectivity index (χ1n) is 6.06. The Labute approximate surface area is 139 Å². The summed E-state index contributed by atoms with van der Waals surface area (Å²) >= 11 is 6.68. The number of aromatic hydroxyl groups is 1. The summed E-state index contributed by atoms with van der Waals surface area (Å²) in [6.45, 7) is 1.91. The van der Waals surface area contributed by atoms with Crippen molar-refractivity contribution in [2.75, 3.05) is 0 Å². The molecule has 4 nitrogen and oxygen atoms in total. The quantitative estimate of drug-likeness (QED) is 0.592. The van der Waals surface area contributed by atoms with Gasteiger partial charge in [0.05, 0.1) is 11.8 Å². The molecule has 2 aromatic rings. The number of nitrogens with zero attached hydrogens (tertiary/aromatic N) is 1. The molecule has 0 fully saturated rings. The molecule has 0 heterocycles. The van der Waals surface area contributed by atoms with Crippen LogP contribution in [0.25, 0.3) is 0 Å². The number of benzene rings is 2. The molecule has 0 bridgehead atoms. The second kappa shape index (κ2) is 6.87. The molecule has 6 heteroatoms. The van der Waals surface area contributed by atoms with E-state index in [0.29, 0.717) is 15.6 Å². The van der Waals surface area contributed by atoms with Crippen LogP contribution in [0.15, 0.2) is 50.4 Å². The van der Waals surface area contributed by atoms with Gasteiger partial charge in [0.1, 0.15) is 5.75 Å². The van der Waals surface area contributed by atoms with E-state index in [-0.39, 0.29) is 11.7 Å². The Morgan fingerprint density at radius 1 is 1.29 bits per heavy atom. The Bertz CT molecular complexity index is 715. The molecule has 0 unspecified atom stereocenters. The predicted octanol–water partition coefficient (Wildman–Crippen LogP) is 3.99. The number of phenolic OH excluding ortho intramolecular Hbond substituents is 1. The van der Waals surface area contributed by atoms with Crippen molar-refractivity contribution in [3.05, 3.63) is 62.0 Å². The van der Waals surface area contributed by atoms with Crippen molar-refractivity contribution < 1.29 is 9.90 Å². The van der Waals surface area contributed by atoms with Crippen molar-refractivity contribution >= 4 is 44.0 Å². The lowest BCUT2D eigenvalue weighted by atomic mass is 10.1. The monoisotopic (exact) mass is 410 g/mol. The van der Waals surface area contributed by atoms with Crippen LogP contribution in [0.3, 0.4) is 0 Å². The summed E-state index contributed by atoms with van der Waals surface area (Å²) in [7, 11) is 0. The zero-order valence-corrected chi connectivity index (χ0v) is 14.3. The number of hydrazone groups is 1. The largest absolute Gasteiger partial charge is 0.507 e. The van der Waals surface area contributed by atoms with E-state index < -0.39 is 0 Å². The Kier molecular flexibility index (Phi) is 5.14. The molecule has 108 valence electrons. The lowest BCUT2D eigenvalue weighted by molar-refractivity contribution is 0.0954. The van der Waals surface area contributed by atoms with Crippen molar-refractivity contribution in [2.24, 2.45) is 5.10 Å². The van der Waals surface area contributed by atoms with Gasteiger partial charge in [-0.05, 0) is 63.0 Å². The van der Waals surface area contributed by atoms with Crippen molar-refractivity contribution in [1.82, 2.24) is 5.43 Å². The third-order valence-corrected chi connectivity index (χ3v) is 4.80. The summed E-state index contributed by atoms with van der Waals surface area (Å²) in [5.74, 6) is -0.228. The lowest BCUT2D eigenvalue weighted by Gasteiger charge is -2.04. The number of aryl methyl sites for hydroxylation is 1. The fourth-order valence-electron chi connectivity index (χ4n) is 1.68. The molecule has 0 saturated carbocycles. The average Bonchev–Trinajstić information content (AvgIpc) is 2.45. The predicted molar refractivity (Wildman–Crippen MR) is 89.7 cm³/mol. The van der Waals surface area contributed by atoms with E-state index in [1.165, 1.54) is 6.21 Å². The second-order valence-electron chi connectivity index (χ2n) is 4.36. The Morgan fingerprint density at radius 3 is 2.81 bits per heavy atom. The van der Waals surface area contributed by atoms with Crippen LogP contribution >= 0.6 is 31.9 Å². The molecule has 0 spiro atoms. The van der Waals surface area contributed by atoms with E-state index in [0.717, 1.165) is 10.0 Å². The first-order valence-corrected chi connectivity index (χ1v) is 7.64. The highest BCUT2D eigenvalue weighted by molar-refractivity contribution is 9.13. The molecule has 0 saturated heterocycles. The fraction of sp³-hybridized carbons (Fsp3) is 0.0667. The summed E-state index contributed by atoms with van der Waals surface area (Å²) < 4.78 is 1.45. The number of hydrogen-bond acceptors (Lipinski definition) is 3. The molecule has 0 aliphatic carbocycles. The molecule has 0 aliphatic rings. The van der Waals surface area contributed by atoms with Crippen LogP contribution in [0, 0.1) is 6.92 Å². The summed E-state index contributed by atoms with van der Waals surface area (Å²) in [6.07, 6.45) is 1.41. The van der Waals surface area contributed by atoms with Crippen molar-refractivity contribution in [3.8, 4) is 5.75 Å². The highest BCUT2D eigenvalue weighted by atomic mass is 79.9. The van der Waals surface area contributed by atoms with Gasteiger partial charge in [-0.2, -0.15) is 5.10 Å². The Hall–Kier alpha value is -1.66. The molecule has 21 heavy (non-hydrogen) atoms. The van der Waals surface area contributed by atoms with Gasteiger partial charge < -0.3 is 5.11 Å². The maximum atomic E-state index is 12.0. The molecule has 1 amide bonds. The van der Waals surface area contributed by atoms with E-state index in [9.17, 15) is 9.90 Å². The van der Waals surface area contributed by atoms with Gasteiger partial charge in [-0.25, -0.2) is 5.43 Å². The maximum Gasteiger partial charge on any atom is 0.272 e. The summed E-state index contributed by atoms with van der Waals surface area (Å²) in [5, 5.41) is 13.6. The zero-order chi connectivity index (χ0) is 15.4. The van der Waals surface area contributed by atoms with Crippen LogP contribution < -0.4 is 5.43 Å². The minimum Gasteiger partial charge on any atom is -0.507 e. The number of carbonyl (C=O) groups excluding carboxylic acids is 1. The van der Waals surface area contributed by atoms with Crippen molar-refractivity contribution in [2.45, 2.75) is 6.92 Å². The minimum atomic E-state index is -0.341. The van der Waals surface area contributed by atoms with Gasteiger partial charge in [-0.15, -0.1) is 0 Å². The highest BCUT2D eigenvalue weighted by Crippen LogP contribution is 2.26. The SMILES string of the molecule is Cc1ccc(O)c(/C=N/NC(=O)c2cccc(Br)c2Br)c1. The van der Waals surface area contributed by atoms with Crippen LogP contribution in [0.4, 0.5) is 0 Å². The van der Waals surface area contributed by atoms with E-state index >= 15 is 0 Å². The lowest BCUT2D eigenvalue weighted by Crippen LogP contribution is -2.18. The number of rotatable bonds is 3. The average molecular weight is 412 g/mol. The summed E-state index contributed by atoms with van der Waals surface area (Å²) in [6, 6.07) is 10.4. The molecular weight excluding hydrogens is 400 g/mol. The van der Waals surface area contributed by atoms with Gasteiger partial charge in [0.25, 0.3) is 5.91 Å². The molecule has 2 N–H and O–H groups in total.